The number of para-hydroxylation sites is 1. The number of H-pyrrole nitrogens is 1. The number of carbonyl (C=O) groups excluding carboxylic acids is 2. The quantitative estimate of drug-likeness (QED) is 0.456. The van der Waals surface area contributed by atoms with Crippen molar-refractivity contribution >= 4 is 22.7 Å². The number of nitrogens with one attached hydrogen (secondary N) is 3. The molecule has 0 unspecified atom stereocenters. The summed E-state index contributed by atoms with van der Waals surface area (Å²) in [5, 5.41) is 7.29. The van der Waals surface area contributed by atoms with Gasteiger partial charge in [0.05, 0.1) is 12.1 Å². The summed E-state index contributed by atoms with van der Waals surface area (Å²) in [6.45, 7) is 2.54. The van der Waals surface area contributed by atoms with Gasteiger partial charge in [-0.2, -0.15) is 0 Å². The third-order valence-electron chi connectivity index (χ3n) is 8.09. The van der Waals surface area contributed by atoms with Crippen LogP contribution in [0.5, 0.6) is 0 Å². The molecule has 0 spiro atoms. The zero-order valence-corrected chi connectivity index (χ0v) is 21.3. The van der Waals surface area contributed by atoms with E-state index in [0.717, 1.165) is 66.1 Å². The van der Waals surface area contributed by atoms with Crippen LogP contribution >= 0.6 is 0 Å². The number of rotatable bonds is 7. The van der Waals surface area contributed by atoms with Crippen molar-refractivity contribution in [3.8, 4) is 11.1 Å². The SMILES string of the molecule is CN[C@@H](C)C(=O)N[C@H](C(=O)N1CCC[C@H]1c1cncc(-c2c[nH]c3ccccc23)c1)C1CCCCC1. The number of aromatic nitrogens is 2. The molecule has 3 aromatic rings. The first-order chi connectivity index (χ1) is 17.6. The van der Waals surface area contributed by atoms with Crippen LogP contribution in [0.1, 0.15) is 63.5 Å². The van der Waals surface area contributed by atoms with Crippen molar-refractivity contribution < 1.29 is 9.59 Å². The Morgan fingerprint density at radius 2 is 1.89 bits per heavy atom. The highest BCUT2D eigenvalue weighted by atomic mass is 16.2. The summed E-state index contributed by atoms with van der Waals surface area (Å²) < 4.78 is 0. The van der Waals surface area contributed by atoms with Gasteiger partial charge in [-0.1, -0.05) is 37.5 Å². The van der Waals surface area contributed by atoms with E-state index in [1.807, 2.05) is 42.5 Å². The van der Waals surface area contributed by atoms with Crippen LogP contribution in [0.15, 0.2) is 48.9 Å². The topological polar surface area (TPSA) is 90.1 Å². The van der Waals surface area contributed by atoms with E-state index in [2.05, 4.69) is 38.8 Å². The van der Waals surface area contributed by atoms with Crippen molar-refractivity contribution in [2.24, 2.45) is 5.92 Å². The number of fused-ring (bicyclic) bond motifs is 1. The van der Waals surface area contributed by atoms with Gasteiger partial charge in [-0.25, -0.2) is 0 Å². The van der Waals surface area contributed by atoms with Gasteiger partial charge in [0.2, 0.25) is 11.8 Å². The van der Waals surface area contributed by atoms with Crippen molar-refractivity contribution in [3.63, 3.8) is 0 Å². The second-order valence-electron chi connectivity index (χ2n) is 10.3. The number of carbonyl (C=O) groups is 2. The highest BCUT2D eigenvalue weighted by Gasteiger charge is 2.39. The summed E-state index contributed by atoms with van der Waals surface area (Å²) in [5.74, 6) is 0.134. The summed E-state index contributed by atoms with van der Waals surface area (Å²) in [6, 6.07) is 9.59. The fraction of sp³-hybridized carbons (Fsp3) is 0.483. The molecule has 2 aromatic heterocycles. The van der Waals surface area contributed by atoms with E-state index in [1.54, 1.807) is 7.05 Å². The first kappa shape index (κ1) is 24.5. The van der Waals surface area contributed by atoms with Gasteiger partial charge in [-0.3, -0.25) is 14.6 Å². The largest absolute Gasteiger partial charge is 0.361 e. The van der Waals surface area contributed by atoms with E-state index < -0.39 is 6.04 Å². The van der Waals surface area contributed by atoms with Gasteiger partial charge in [0.1, 0.15) is 6.04 Å². The first-order valence-corrected chi connectivity index (χ1v) is 13.4. The van der Waals surface area contributed by atoms with E-state index in [-0.39, 0.29) is 29.8 Å². The Kier molecular flexibility index (Phi) is 7.37. The average molecular weight is 488 g/mol. The minimum atomic E-state index is -0.473. The van der Waals surface area contributed by atoms with Crippen LogP contribution in [-0.2, 0) is 9.59 Å². The van der Waals surface area contributed by atoms with Crippen molar-refractivity contribution in [3.05, 3.63) is 54.5 Å². The number of amides is 2. The molecule has 1 aliphatic carbocycles. The van der Waals surface area contributed by atoms with Gasteiger partial charge in [0.25, 0.3) is 0 Å². The van der Waals surface area contributed by atoms with Crippen LogP contribution in [0.4, 0.5) is 0 Å². The second-order valence-corrected chi connectivity index (χ2v) is 10.3. The molecule has 2 amide bonds. The number of hydrogen-bond acceptors (Lipinski definition) is 4. The third-order valence-corrected chi connectivity index (χ3v) is 8.09. The molecule has 1 saturated carbocycles. The standard InChI is InChI=1S/C29H37N5O2/c1-19(30-2)28(35)33-27(20-9-4-3-5-10-20)29(36)34-14-8-13-26(34)22-15-21(16-31-17-22)24-18-32-25-12-7-6-11-23(24)25/h6-7,11-12,15-20,26-27,30,32H,3-5,8-10,13-14H2,1-2H3,(H,33,35)/t19-,26-,27-/m0/s1. The predicted molar refractivity (Wildman–Crippen MR) is 142 cm³/mol. The highest BCUT2D eigenvalue weighted by Crippen LogP contribution is 2.37. The fourth-order valence-electron chi connectivity index (χ4n) is 5.91. The molecule has 1 aromatic carbocycles. The predicted octanol–water partition coefficient (Wildman–Crippen LogP) is 4.57. The molecule has 2 aliphatic rings. The molecule has 2 fully saturated rings. The van der Waals surface area contributed by atoms with Crippen LogP contribution in [-0.4, -0.2) is 52.4 Å². The van der Waals surface area contributed by atoms with Crippen molar-refractivity contribution in [1.82, 2.24) is 25.5 Å². The minimum Gasteiger partial charge on any atom is -0.361 e. The smallest absolute Gasteiger partial charge is 0.245 e. The zero-order chi connectivity index (χ0) is 25.1. The summed E-state index contributed by atoms with van der Waals surface area (Å²) in [6.07, 6.45) is 13.1. The summed E-state index contributed by atoms with van der Waals surface area (Å²) in [4.78, 5) is 36.8. The number of hydrogen-bond donors (Lipinski definition) is 3. The molecule has 1 aliphatic heterocycles. The monoisotopic (exact) mass is 487 g/mol. The van der Waals surface area contributed by atoms with Crippen molar-refractivity contribution in [2.75, 3.05) is 13.6 Å². The number of aromatic amines is 1. The van der Waals surface area contributed by atoms with E-state index in [9.17, 15) is 9.59 Å². The van der Waals surface area contributed by atoms with Crippen LogP contribution in [0, 0.1) is 5.92 Å². The Morgan fingerprint density at radius 3 is 2.69 bits per heavy atom. The molecule has 1 saturated heterocycles. The Balaban J connectivity index is 1.41. The van der Waals surface area contributed by atoms with E-state index in [1.165, 1.54) is 6.42 Å². The maximum Gasteiger partial charge on any atom is 0.245 e. The molecule has 190 valence electrons. The molecule has 3 N–H and O–H groups in total. The number of likely N-dealkylation sites (N-methyl/N-ethyl adjacent to an activating group) is 1. The van der Waals surface area contributed by atoms with Crippen LogP contribution in [0.3, 0.4) is 0 Å². The van der Waals surface area contributed by atoms with Crippen LogP contribution in [0.25, 0.3) is 22.0 Å². The summed E-state index contributed by atoms with van der Waals surface area (Å²) >= 11 is 0. The third kappa shape index (κ3) is 4.89. The van der Waals surface area contributed by atoms with Crippen molar-refractivity contribution in [2.45, 2.75) is 70.0 Å². The lowest BCUT2D eigenvalue weighted by atomic mass is 9.83. The zero-order valence-electron chi connectivity index (χ0n) is 21.3. The summed E-state index contributed by atoms with van der Waals surface area (Å²) in [5.41, 5.74) is 4.31. The molecule has 36 heavy (non-hydrogen) atoms. The number of nitrogens with zero attached hydrogens (tertiary/aromatic N) is 2. The van der Waals surface area contributed by atoms with Crippen molar-refractivity contribution in [1.29, 1.82) is 0 Å². The van der Waals surface area contributed by atoms with Gasteiger partial charge < -0.3 is 20.5 Å². The number of pyridine rings is 1. The molecular weight excluding hydrogens is 450 g/mol. The molecule has 5 rings (SSSR count). The Morgan fingerprint density at radius 1 is 1.08 bits per heavy atom. The maximum absolute atomic E-state index is 14.0. The van der Waals surface area contributed by atoms with E-state index >= 15 is 0 Å². The lowest BCUT2D eigenvalue weighted by molar-refractivity contribution is -0.139. The second kappa shape index (κ2) is 10.8. The average Bonchev–Trinajstić information content (AvgIpc) is 3.59. The van der Waals surface area contributed by atoms with Crippen LogP contribution < -0.4 is 10.6 Å². The number of benzene rings is 1. The van der Waals surface area contributed by atoms with Gasteiger partial charge in [-0.15, -0.1) is 0 Å². The number of likely N-dealkylation sites (tertiary alicyclic amines) is 1. The van der Waals surface area contributed by atoms with Crippen LogP contribution in [0.2, 0.25) is 0 Å². The molecule has 0 radical (unpaired) electrons. The lowest BCUT2D eigenvalue weighted by Crippen LogP contribution is -2.55. The van der Waals surface area contributed by atoms with Gasteiger partial charge in [-0.05, 0) is 63.3 Å². The molecule has 0 bridgehead atoms. The Bertz CT molecular complexity index is 1220. The van der Waals surface area contributed by atoms with Gasteiger partial charge in [0, 0.05) is 47.2 Å². The molecule has 7 nitrogen and oxygen atoms in total. The lowest BCUT2D eigenvalue weighted by Gasteiger charge is -2.35. The summed E-state index contributed by atoms with van der Waals surface area (Å²) in [7, 11) is 1.77. The molecular formula is C29H37N5O2. The van der Waals surface area contributed by atoms with E-state index in [0.29, 0.717) is 6.54 Å². The minimum absolute atomic E-state index is 0.0279. The Hall–Kier alpha value is -3.19. The van der Waals surface area contributed by atoms with E-state index in [4.69, 9.17) is 0 Å². The Labute approximate surface area is 213 Å². The fourth-order valence-corrected chi connectivity index (χ4v) is 5.91. The highest BCUT2D eigenvalue weighted by molar-refractivity contribution is 5.95. The van der Waals surface area contributed by atoms with Gasteiger partial charge >= 0.3 is 0 Å². The molecule has 3 atom stereocenters. The molecule has 7 heteroatoms. The normalized spacial score (nSPS) is 20.4. The maximum atomic E-state index is 14.0. The van der Waals surface area contributed by atoms with Gasteiger partial charge in [0.15, 0.2) is 0 Å². The molecule has 3 heterocycles. The first-order valence-electron chi connectivity index (χ1n) is 13.4.